The summed E-state index contributed by atoms with van der Waals surface area (Å²) in [4.78, 5) is 23.5. The standard InChI is InChI=1S/C15H20FN3O3/c16-12-4-1-3-11(9-12)14(20)18-5-2-6-19-15(21)13-10-22-8-7-17-13/h1,3-4,9,13,17H,2,5-8,10H2,(H,18,20)(H,19,21). The molecule has 6 nitrogen and oxygen atoms in total. The SMILES string of the molecule is O=C(NCCCNC(=O)C1COCCN1)c1cccc(F)c1. The van der Waals surface area contributed by atoms with E-state index in [9.17, 15) is 14.0 Å². The molecule has 3 N–H and O–H groups in total. The number of carbonyl (C=O) groups is 2. The van der Waals surface area contributed by atoms with Crippen LogP contribution in [0.25, 0.3) is 0 Å². The molecule has 1 aliphatic heterocycles. The minimum Gasteiger partial charge on any atom is -0.378 e. The first-order valence-electron chi connectivity index (χ1n) is 7.29. The van der Waals surface area contributed by atoms with Gasteiger partial charge in [0.25, 0.3) is 5.91 Å². The number of rotatable bonds is 6. The second-order valence-electron chi connectivity index (χ2n) is 4.99. The number of amides is 2. The van der Waals surface area contributed by atoms with Crippen molar-refractivity contribution in [1.82, 2.24) is 16.0 Å². The van der Waals surface area contributed by atoms with Crippen LogP contribution in [0.15, 0.2) is 24.3 Å². The van der Waals surface area contributed by atoms with Crippen molar-refractivity contribution in [2.75, 3.05) is 32.8 Å². The Hall–Kier alpha value is -1.99. The van der Waals surface area contributed by atoms with E-state index in [0.29, 0.717) is 39.3 Å². The summed E-state index contributed by atoms with van der Waals surface area (Å²) in [6, 6.07) is 5.20. The van der Waals surface area contributed by atoms with Crippen LogP contribution in [0.3, 0.4) is 0 Å². The van der Waals surface area contributed by atoms with Crippen LogP contribution >= 0.6 is 0 Å². The number of morpholine rings is 1. The van der Waals surface area contributed by atoms with Gasteiger partial charge in [0.2, 0.25) is 5.91 Å². The average Bonchev–Trinajstić information content (AvgIpc) is 2.55. The Bertz CT molecular complexity index is 519. The van der Waals surface area contributed by atoms with Gasteiger partial charge >= 0.3 is 0 Å². The third-order valence-corrected chi connectivity index (χ3v) is 3.26. The highest BCUT2D eigenvalue weighted by Gasteiger charge is 2.20. The summed E-state index contributed by atoms with van der Waals surface area (Å²) in [5.41, 5.74) is 0.285. The van der Waals surface area contributed by atoms with Crippen molar-refractivity contribution in [2.24, 2.45) is 0 Å². The molecule has 1 saturated heterocycles. The summed E-state index contributed by atoms with van der Waals surface area (Å²) in [7, 11) is 0. The monoisotopic (exact) mass is 309 g/mol. The molecule has 0 aliphatic carbocycles. The minimum atomic E-state index is -0.442. The Morgan fingerprint density at radius 1 is 1.32 bits per heavy atom. The van der Waals surface area contributed by atoms with Gasteiger partial charge in [-0.3, -0.25) is 9.59 Å². The van der Waals surface area contributed by atoms with Crippen LogP contribution < -0.4 is 16.0 Å². The number of halogens is 1. The van der Waals surface area contributed by atoms with Gasteiger partial charge < -0.3 is 20.7 Å². The number of nitrogens with one attached hydrogen (secondary N) is 3. The highest BCUT2D eigenvalue weighted by atomic mass is 19.1. The van der Waals surface area contributed by atoms with Gasteiger partial charge in [-0.15, -0.1) is 0 Å². The molecule has 7 heteroatoms. The fraction of sp³-hybridized carbons (Fsp3) is 0.467. The minimum absolute atomic E-state index is 0.101. The van der Waals surface area contributed by atoms with Crippen LogP contribution in [-0.4, -0.2) is 50.7 Å². The summed E-state index contributed by atoms with van der Waals surface area (Å²) in [5, 5.41) is 8.53. The summed E-state index contributed by atoms with van der Waals surface area (Å²) < 4.78 is 18.2. The molecule has 2 amide bonds. The Labute approximate surface area is 128 Å². The summed E-state index contributed by atoms with van der Waals surface area (Å²) in [5.74, 6) is -0.869. The molecule has 1 aromatic rings. The zero-order valence-electron chi connectivity index (χ0n) is 12.2. The van der Waals surface area contributed by atoms with Gasteiger partial charge in [-0.25, -0.2) is 4.39 Å². The van der Waals surface area contributed by atoms with Gasteiger partial charge in [0.05, 0.1) is 13.2 Å². The zero-order chi connectivity index (χ0) is 15.8. The van der Waals surface area contributed by atoms with Gasteiger partial charge in [0, 0.05) is 25.2 Å². The van der Waals surface area contributed by atoms with Gasteiger partial charge in [-0.1, -0.05) is 6.07 Å². The van der Waals surface area contributed by atoms with Crippen LogP contribution in [0, 0.1) is 5.82 Å². The van der Waals surface area contributed by atoms with Crippen molar-refractivity contribution in [2.45, 2.75) is 12.5 Å². The second kappa shape index (κ2) is 8.45. The van der Waals surface area contributed by atoms with E-state index in [2.05, 4.69) is 16.0 Å². The van der Waals surface area contributed by atoms with Crippen molar-refractivity contribution in [3.05, 3.63) is 35.6 Å². The topological polar surface area (TPSA) is 79.5 Å². The molecule has 1 atom stereocenters. The molecule has 22 heavy (non-hydrogen) atoms. The average molecular weight is 309 g/mol. The predicted octanol–water partition coefficient (Wildman–Crippen LogP) is 0.0502. The lowest BCUT2D eigenvalue weighted by Crippen LogP contribution is -2.51. The van der Waals surface area contributed by atoms with E-state index in [4.69, 9.17) is 4.74 Å². The van der Waals surface area contributed by atoms with Gasteiger partial charge in [0.1, 0.15) is 11.9 Å². The van der Waals surface area contributed by atoms with Crippen LogP contribution in [0.5, 0.6) is 0 Å². The predicted molar refractivity (Wildman–Crippen MR) is 79.0 cm³/mol. The van der Waals surface area contributed by atoms with E-state index >= 15 is 0 Å². The summed E-state index contributed by atoms with van der Waals surface area (Å²) in [6.45, 7) is 2.53. The van der Waals surface area contributed by atoms with E-state index in [-0.39, 0.29) is 23.4 Å². The first kappa shape index (κ1) is 16.4. The van der Waals surface area contributed by atoms with Crippen molar-refractivity contribution in [3.8, 4) is 0 Å². The third-order valence-electron chi connectivity index (χ3n) is 3.26. The number of benzene rings is 1. The molecule has 120 valence electrons. The van der Waals surface area contributed by atoms with E-state index in [0.717, 1.165) is 0 Å². The molecule has 0 spiro atoms. The fourth-order valence-electron chi connectivity index (χ4n) is 2.09. The largest absolute Gasteiger partial charge is 0.378 e. The summed E-state index contributed by atoms with van der Waals surface area (Å²) >= 11 is 0. The Morgan fingerprint density at radius 3 is 2.86 bits per heavy atom. The number of carbonyl (C=O) groups excluding carboxylic acids is 2. The molecule has 1 unspecified atom stereocenters. The zero-order valence-corrected chi connectivity index (χ0v) is 12.2. The maximum Gasteiger partial charge on any atom is 0.251 e. The van der Waals surface area contributed by atoms with E-state index in [1.54, 1.807) is 6.07 Å². The van der Waals surface area contributed by atoms with Crippen LogP contribution in [-0.2, 0) is 9.53 Å². The highest BCUT2D eigenvalue weighted by Crippen LogP contribution is 2.02. The lowest BCUT2D eigenvalue weighted by Gasteiger charge is -2.22. The van der Waals surface area contributed by atoms with Crippen LogP contribution in [0.4, 0.5) is 4.39 Å². The van der Waals surface area contributed by atoms with Crippen molar-refractivity contribution < 1.29 is 18.7 Å². The quantitative estimate of drug-likeness (QED) is 0.649. The smallest absolute Gasteiger partial charge is 0.251 e. The molecule has 0 saturated carbocycles. The number of hydrogen-bond acceptors (Lipinski definition) is 4. The molecule has 1 heterocycles. The molecular weight excluding hydrogens is 289 g/mol. The second-order valence-corrected chi connectivity index (χ2v) is 4.99. The lowest BCUT2D eigenvalue weighted by atomic mass is 10.2. The molecule has 0 aromatic heterocycles. The molecule has 0 bridgehead atoms. The van der Waals surface area contributed by atoms with E-state index < -0.39 is 5.82 Å². The molecule has 1 aliphatic rings. The van der Waals surface area contributed by atoms with Gasteiger partial charge in [-0.2, -0.15) is 0 Å². The summed E-state index contributed by atoms with van der Waals surface area (Å²) in [6.07, 6.45) is 0.598. The molecule has 1 fully saturated rings. The van der Waals surface area contributed by atoms with Crippen molar-refractivity contribution in [1.29, 1.82) is 0 Å². The molecular formula is C15H20FN3O3. The van der Waals surface area contributed by atoms with Crippen molar-refractivity contribution >= 4 is 11.8 Å². The van der Waals surface area contributed by atoms with E-state index in [1.165, 1.54) is 18.2 Å². The maximum atomic E-state index is 13.0. The van der Waals surface area contributed by atoms with Gasteiger partial charge in [-0.05, 0) is 24.6 Å². The van der Waals surface area contributed by atoms with E-state index in [1.807, 2.05) is 0 Å². The third kappa shape index (κ3) is 5.09. The normalized spacial score (nSPS) is 17.8. The number of ether oxygens (including phenoxy) is 1. The van der Waals surface area contributed by atoms with Crippen LogP contribution in [0.2, 0.25) is 0 Å². The highest BCUT2D eigenvalue weighted by molar-refractivity contribution is 5.94. The Morgan fingerprint density at radius 2 is 2.14 bits per heavy atom. The van der Waals surface area contributed by atoms with Crippen LogP contribution in [0.1, 0.15) is 16.8 Å². The number of hydrogen-bond donors (Lipinski definition) is 3. The Kier molecular flexibility index (Phi) is 6.29. The van der Waals surface area contributed by atoms with Crippen molar-refractivity contribution in [3.63, 3.8) is 0 Å². The lowest BCUT2D eigenvalue weighted by molar-refractivity contribution is -0.125. The Balaban J connectivity index is 1.60. The molecule has 2 rings (SSSR count). The first-order valence-corrected chi connectivity index (χ1v) is 7.29. The molecule has 0 radical (unpaired) electrons. The first-order chi connectivity index (χ1) is 10.7. The maximum absolute atomic E-state index is 13.0. The molecule has 1 aromatic carbocycles. The van der Waals surface area contributed by atoms with Gasteiger partial charge in [0.15, 0.2) is 0 Å². The fourth-order valence-corrected chi connectivity index (χ4v) is 2.09.